The fourth-order valence-electron chi connectivity index (χ4n) is 2.10. The van der Waals surface area contributed by atoms with E-state index in [1.807, 2.05) is 49.4 Å². The van der Waals surface area contributed by atoms with Gasteiger partial charge in [-0.2, -0.15) is 0 Å². The normalized spacial score (nSPS) is 10.5. The molecule has 0 spiro atoms. The van der Waals surface area contributed by atoms with Crippen molar-refractivity contribution in [1.29, 1.82) is 0 Å². The number of nitrogens with zero attached hydrogens (tertiary/aromatic N) is 2. The highest BCUT2D eigenvalue weighted by Crippen LogP contribution is 2.19. The molecule has 1 aromatic carbocycles. The number of hydrogen-bond donors (Lipinski definition) is 1. The van der Waals surface area contributed by atoms with Crippen LogP contribution in [-0.4, -0.2) is 16.1 Å². The molecule has 2 aromatic heterocycles. The minimum absolute atomic E-state index is 0.209. The number of hydrogen-bond acceptors (Lipinski definition) is 4. The van der Waals surface area contributed by atoms with Gasteiger partial charge in [0, 0.05) is 16.1 Å². The Morgan fingerprint density at radius 1 is 1.26 bits per heavy atom. The molecule has 116 valence electrons. The van der Waals surface area contributed by atoms with Crippen LogP contribution in [0.4, 0.5) is 10.5 Å². The molecule has 0 saturated carbocycles. The zero-order valence-corrected chi connectivity index (χ0v) is 14.0. The SMILES string of the molecule is Cc1nc2ncccc2cc1NC(=O)OCc1ccc(Br)cc1. The molecule has 0 bridgehead atoms. The smallest absolute Gasteiger partial charge is 0.412 e. The first-order chi connectivity index (χ1) is 11.1. The molecule has 1 N–H and O–H groups in total. The molecule has 2 heterocycles. The number of aromatic nitrogens is 2. The van der Waals surface area contributed by atoms with E-state index in [1.165, 1.54) is 0 Å². The van der Waals surface area contributed by atoms with Crippen molar-refractivity contribution in [1.82, 2.24) is 9.97 Å². The molecule has 0 unspecified atom stereocenters. The maximum absolute atomic E-state index is 12.0. The fourth-order valence-corrected chi connectivity index (χ4v) is 2.36. The predicted molar refractivity (Wildman–Crippen MR) is 92.2 cm³/mol. The number of fused-ring (bicyclic) bond motifs is 1. The van der Waals surface area contributed by atoms with Crippen LogP contribution < -0.4 is 5.32 Å². The van der Waals surface area contributed by atoms with Crippen molar-refractivity contribution in [2.24, 2.45) is 0 Å². The summed E-state index contributed by atoms with van der Waals surface area (Å²) in [6.45, 7) is 2.03. The van der Waals surface area contributed by atoms with E-state index in [4.69, 9.17) is 4.74 Å². The highest BCUT2D eigenvalue weighted by Gasteiger charge is 2.09. The lowest BCUT2D eigenvalue weighted by Gasteiger charge is -2.10. The van der Waals surface area contributed by atoms with Crippen molar-refractivity contribution in [3.8, 4) is 0 Å². The molecule has 23 heavy (non-hydrogen) atoms. The summed E-state index contributed by atoms with van der Waals surface area (Å²) in [5, 5.41) is 3.59. The van der Waals surface area contributed by atoms with Crippen LogP contribution in [0.3, 0.4) is 0 Å². The van der Waals surface area contributed by atoms with Crippen molar-refractivity contribution in [3.05, 3.63) is 64.4 Å². The Morgan fingerprint density at radius 3 is 2.83 bits per heavy atom. The largest absolute Gasteiger partial charge is 0.444 e. The summed E-state index contributed by atoms with van der Waals surface area (Å²) < 4.78 is 6.21. The van der Waals surface area contributed by atoms with Gasteiger partial charge in [0.25, 0.3) is 0 Å². The average Bonchev–Trinajstić information content (AvgIpc) is 2.55. The van der Waals surface area contributed by atoms with Crippen LogP contribution in [-0.2, 0) is 11.3 Å². The molecule has 0 saturated heterocycles. The van der Waals surface area contributed by atoms with Crippen LogP contribution in [0.15, 0.2) is 53.1 Å². The van der Waals surface area contributed by atoms with E-state index < -0.39 is 6.09 Å². The lowest BCUT2D eigenvalue weighted by atomic mass is 10.2. The number of carbonyl (C=O) groups excluding carboxylic acids is 1. The fraction of sp³-hybridized carbons (Fsp3) is 0.118. The Bertz CT molecular complexity index is 850. The zero-order chi connectivity index (χ0) is 16.2. The highest BCUT2D eigenvalue weighted by atomic mass is 79.9. The summed E-state index contributed by atoms with van der Waals surface area (Å²) in [6.07, 6.45) is 1.18. The van der Waals surface area contributed by atoms with Gasteiger partial charge in [-0.3, -0.25) is 5.32 Å². The quantitative estimate of drug-likeness (QED) is 0.738. The first-order valence-corrected chi connectivity index (χ1v) is 7.82. The molecule has 3 aromatic rings. The van der Waals surface area contributed by atoms with E-state index in [2.05, 4.69) is 31.2 Å². The van der Waals surface area contributed by atoms with Gasteiger partial charge in [0.2, 0.25) is 0 Å². The van der Waals surface area contributed by atoms with Gasteiger partial charge >= 0.3 is 6.09 Å². The molecular formula is C17H14BrN3O2. The van der Waals surface area contributed by atoms with E-state index in [1.54, 1.807) is 6.20 Å². The van der Waals surface area contributed by atoms with Crippen LogP contribution in [0.5, 0.6) is 0 Å². The molecule has 3 rings (SSSR count). The second-order valence-electron chi connectivity index (χ2n) is 5.00. The Morgan fingerprint density at radius 2 is 2.04 bits per heavy atom. The lowest BCUT2D eigenvalue weighted by molar-refractivity contribution is 0.155. The third-order valence-electron chi connectivity index (χ3n) is 3.30. The third kappa shape index (κ3) is 3.84. The molecule has 0 atom stereocenters. The van der Waals surface area contributed by atoms with Gasteiger partial charge in [0.1, 0.15) is 6.61 Å². The van der Waals surface area contributed by atoms with Gasteiger partial charge in [-0.15, -0.1) is 0 Å². The van der Waals surface area contributed by atoms with Crippen LogP contribution in [0, 0.1) is 6.92 Å². The monoisotopic (exact) mass is 371 g/mol. The first-order valence-electron chi connectivity index (χ1n) is 7.02. The highest BCUT2D eigenvalue weighted by molar-refractivity contribution is 9.10. The average molecular weight is 372 g/mol. The molecule has 1 amide bonds. The Kier molecular flexibility index (Phi) is 4.52. The van der Waals surface area contributed by atoms with Gasteiger partial charge in [0.05, 0.1) is 11.4 Å². The van der Waals surface area contributed by atoms with Crippen LogP contribution >= 0.6 is 15.9 Å². The van der Waals surface area contributed by atoms with E-state index in [-0.39, 0.29) is 6.61 Å². The van der Waals surface area contributed by atoms with Crippen LogP contribution in [0.25, 0.3) is 11.0 Å². The predicted octanol–water partition coefficient (Wildman–Crippen LogP) is 4.45. The number of benzene rings is 1. The number of rotatable bonds is 3. The van der Waals surface area contributed by atoms with E-state index in [9.17, 15) is 4.79 Å². The molecular weight excluding hydrogens is 358 g/mol. The summed E-state index contributed by atoms with van der Waals surface area (Å²) in [6, 6.07) is 13.2. The maximum atomic E-state index is 12.0. The standard InChI is InChI=1S/C17H14BrN3O2/c1-11-15(9-13-3-2-8-19-16(13)20-11)21-17(22)23-10-12-4-6-14(18)7-5-12/h2-9H,10H2,1H3,(H,21,22). The van der Waals surface area contributed by atoms with Crippen molar-refractivity contribution in [2.75, 3.05) is 5.32 Å². The summed E-state index contributed by atoms with van der Waals surface area (Å²) >= 11 is 3.37. The Balaban J connectivity index is 1.67. The Labute approximate surface area is 141 Å². The van der Waals surface area contributed by atoms with Crippen LogP contribution in [0.1, 0.15) is 11.3 Å². The number of halogens is 1. The zero-order valence-electron chi connectivity index (χ0n) is 12.4. The number of aryl methyl sites for hydroxylation is 1. The third-order valence-corrected chi connectivity index (χ3v) is 3.83. The minimum atomic E-state index is -0.513. The van der Waals surface area contributed by atoms with E-state index in [0.717, 1.165) is 15.4 Å². The summed E-state index contributed by atoms with van der Waals surface area (Å²) in [5.41, 5.74) is 2.88. The van der Waals surface area contributed by atoms with E-state index >= 15 is 0 Å². The molecule has 0 aliphatic carbocycles. The second-order valence-corrected chi connectivity index (χ2v) is 5.91. The van der Waals surface area contributed by atoms with Crippen molar-refractivity contribution in [2.45, 2.75) is 13.5 Å². The summed E-state index contributed by atoms with van der Waals surface area (Å²) in [7, 11) is 0. The van der Waals surface area contributed by atoms with Gasteiger partial charge < -0.3 is 4.74 Å². The molecule has 0 aliphatic rings. The second kappa shape index (κ2) is 6.75. The number of ether oxygens (including phenoxy) is 1. The lowest BCUT2D eigenvalue weighted by Crippen LogP contribution is -2.14. The molecule has 5 nitrogen and oxygen atoms in total. The number of carbonyl (C=O) groups is 1. The van der Waals surface area contributed by atoms with Crippen molar-refractivity contribution in [3.63, 3.8) is 0 Å². The number of anilines is 1. The first kappa shape index (κ1) is 15.4. The molecule has 0 fully saturated rings. The summed E-state index contributed by atoms with van der Waals surface area (Å²) in [4.78, 5) is 20.5. The van der Waals surface area contributed by atoms with Crippen LogP contribution in [0.2, 0.25) is 0 Å². The minimum Gasteiger partial charge on any atom is -0.444 e. The maximum Gasteiger partial charge on any atom is 0.412 e. The molecule has 6 heteroatoms. The van der Waals surface area contributed by atoms with Gasteiger partial charge in [-0.05, 0) is 42.8 Å². The van der Waals surface area contributed by atoms with E-state index in [0.29, 0.717) is 17.0 Å². The topological polar surface area (TPSA) is 64.1 Å². The van der Waals surface area contributed by atoms with Gasteiger partial charge in [-0.25, -0.2) is 14.8 Å². The van der Waals surface area contributed by atoms with Gasteiger partial charge in [0.15, 0.2) is 5.65 Å². The van der Waals surface area contributed by atoms with Crippen molar-refractivity contribution >= 4 is 38.7 Å². The molecule has 0 radical (unpaired) electrons. The van der Waals surface area contributed by atoms with Gasteiger partial charge in [-0.1, -0.05) is 28.1 Å². The Hall–Kier alpha value is -2.47. The number of nitrogens with one attached hydrogen (secondary N) is 1. The summed E-state index contributed by atoms with van der Waals surface area (Å²) in [5.74, 6) is 0. The number of amides is 1. The number of pyridine rings is 2. The molecule has 0 aliphatic heterocycles. The van der Waals surface area contributed by atoms with Crippen molar-refractivity contribution < 1.29 is 9.53 Å².